The number of amides is 1. The number of aromatic amines is 1. The molecule has 12 nitrogen and oxygen atoms in total. The number of rotatable bonds is 6. The fourth-order valence-electron chi connectivity index (χ4n) is 4.26. The summed E-state index contributed by atoms with van der Waals surface area (Å²) in [6.07, 6.45) is 0.244. The van der Waals surface area contributed by atoms with Gasteiger partial charge in [-0.3, -0.25) is 4.79 Å². The summed E-state index contributed by atoms with van der Waals surface area (Å²) in [6.45, 7) is 1.69. The summed E-state index contributed by atoms with van der Waals surface area (Å²) in [7, 11) is 2.02. The van der Waals surface area contributed by atoms with Crippen molar-refractivity contribution in [3.63, 3.8) is 0 Å². The van der Waals surface area contributed by atoms with E-state index in [0.29, 0.717) is 21.5 Å². The Morgan fingerprint density at radius 1 is 1.27 bits per heavy atom. The number of carbonyl (C=O) groups is 1. The van der Waals surface area contributed by atoms with Crippen LogP contribution in [0, 0.1) is 0 Å². The molecule has 4 rings (SSSR count). The van der Waals surface area contributed by atoms with E-state index < -0.39 is 37.2 Å². The molecular formula is C18H28N7O5+. The third-order valence-corrected chi connectivity index (χ3v) is 5.93. The van der Waals surface area contributed by atoms with Crippen LogP contribution in [0.4, 0.5) is 5.82 Å². The molecule has 164 valence electrons. The molecule has 1 amide bonds. The molecule has 2 aliphatic heterocycles. The Kier molecular flexibility index (Phi) is 5.84. The number of nitrogens with one attached hydrogen (secondary N) is 3. The van der Waals surface area contributed by atoms with Crippen LogP contribution in [0.3, 0.4) is 0 Å². The van der Waals surface area contributed by atoms with Gasteiger partial charge in [0.05, 0.1) is 39.1 Å². The Morgan fingerprint density at radius 2 is 2.03 bits per heavy atom. The van der Waals surface area contributed by atoms with Crippen molar-refractivity contribution >= 4 is 22.9 Å². The Bertz CT molecular complexity index is 885. The van der Waals surface area contributed by atoms with Crippen LogP contribution < -0.4 is 10.6 Å². The fraction of sp³-hybridized carbons (Fsp3) is 0.667. The maximum atomic E-state index is 12.6. The molecule has 5 atom stereocenters. The van der Waals surface area contributed by atoms with Crippen molar-refractivity contribution in [3.05, 3.63) is 12.7 Å². The van der Waals surface area contributed by atoms with Gasteiger partial charge in [-0.1, -0.05) is 0 Å². The lowest BCUT2D eigenvalue weighted by Gasteiger charge is -2.43. The van der Waals surface area contributed by atoms with E-state index in [2.05, 4.69) is 30.6 Å². The first kappa shape index (κ1) is 20.9. The maximum Gasteiger partial charge on any atom is 0.275 e. The third kappa shape index (κ3) is 4.09. The van der Waals surface area contributed by atoms with Gasteiger partial charge in [-0.25, -0.2) is 15.0 Å². The van der Waals surface area contributed by atoms with Gasteiger partial charge in [-0.05, 0) is 0 Å². The first-order chi connectivity index (χ1) is 14.4. The van der Waals surface area contributed by atoms with Gasteiger partial charge < -0.3 is 40.2 Å². The number of aliphatic hydroxyl groups is 3. The Hall–Kier alpha value is -2.38. The zero-order valence-corrected chi connectivity index (χ0v) is 16.7. The monoisotopic (exact) mass is 422 g/mol. The highest BCUT2D eigenvalue weighted by molar-refractivity contribution is 5.82. The number of anilines is 1. The molecule has 12 heteroatoms. The van der Waals surface area contributed by atoms with Crippen molar-refractivity contribution in [2.75, 3.05) is 38.6 Å². The number of fused-ring (bicyclic) bond motifs is 1. The van der Waals surface area contributed by atoms with E-state index in [0.717, 1.165) is 25.9 Å². The standard InChI is InChI=1S/C18H27N7O5/c1-25(4-2-3-5-25)6-11(27)23-12-10(7-26)30-18(15(29)14(12)28)24-17-13-16(20-8-19-13)21-9-22-17/h8-10,12,14-15,18,26,28-29H,2-7H2,1H3,(H2-,19,20,21,22,23,24,27)/p+1/t10-,12-,14+,15-,18-/m0/s1. The number of aliphatic hydroxyl groups excluding tert-OH is 3. The quantitative estimate of drug-likeness (QED) is 0.287. The minimum absolute atomic E-state index is 0.251. The molecule has 2 saturated heterocycles. The molecule has 0 unspecified atom stereocenters. The second-order valence-corrected chi connectivity index (χ2v) is 8.25. The van der Waals surface area contributed by atoms with Crippen LogP contribution in [0.2, 0.25) is 0 Å². The summed E-state index contributed by atoms with van der Waals surface area (Å²) >= 11 is 0. The lowest BCUT2D eigenvalue weighted by atomic mass is 9.95. The summed E-state index contributed by atoms with van der Waals surface area (Å²) in [5.74, 6) is 0.0819. The van der Waals surface area contributed by atoms with E-state index in [9.17, 15) is 20.1 Å². The Labute approximate surface area is 172 Å². The summed E-state index contributed by atoms with van der Waals surface area (Å²) in [5.41, 5.74) is 0.946. The molecule has 2 aromatic rings. The van der Waals surface area contributed by atoms with E-state index in [1.165, 1.54) is 12.7 Å². The molecule has 6 N–H and O–H groups in total. The van der Waals surface area contributed by atoms with E-state index in [-0.39, 0.29) is 12.5 Å². The van der Waals surface area contributed by atoms with Crippen molar-refractivity contribution in [2.24, 2.45) is 0 Å². The molecule has 2 aromatic heterocycles. The molecule has 0 aromatic carbocycles. The number of ether oxygens (including phenoxy) is 1. The van der Waals surface area contributed by atoms with E-state index in [1.54, 1.807) is 0 Å². The molecule has 0 bridgehead atoms. The van der Waals surface area contributed by atoms with E-state index in [4.69, 9.17) is 4.74 Å². The van der Waals surface area contributed by atoms with Crippen LogP contribution in [0.25, 0.3) is 11.2 Å². The molecule has 0 saturated carbocycles. The highest BCUT2D eigenvalue weighted by Gasteiger charge is 2.46. The first-order valence-electron chi connectivity index (χ1n) is 10.1. The summed E-state index contributed by atoms with van der Waals surface area (Å²) < 4.78 is 6.41. The van der Waals surface area contributed by atoms with Crippen LogP contribution in [0.1, 0.15) is 12.8 Å². The predicted molar refractivity (Wildman–Crippen MR) is 105 cm³/mol. The molecule has 0 spiro atoms. The van der Waals surface area contributed by atoms with Gasteiger partial charge in [0.1, 0.15) is 30.2 Å². The van der Waals surface area contributed by atoms with Crippen molar-refractivity contribution < 1.29 is 29.3 Å². The van der Waals surface area contributed by atoms with Crippen LogP contribution in [0.5, 0.6) is 0 Å². The smallest absolute Gasteiger partial charge is 0.275 e. The van der Waals surface area contributed by atoms with Gasteiger partial charge in [-0.2, -0.15) is 0 Å². The van der Waals surface area contributed by atoms with Crippen molar-refractivity contribution in [3.8, 4) is 0 Å². The largest absolute Gasteiger partial charge is 0.394 e. The molecule has 30 heavy (non-hydrogen) atoms. The molecule has 0 aliphatic carbocycles. The van der Waals surface area contributed by atoms with Crippen LogP contribution in [-0.4, -0.2) is 110 Å². The number of quaternary nitrogens is 1. The fourth-order valence-corrected chi connectivity index (χ4v) is 4.26. The third-order valence-electron chi connectivity index (χ3n) is 5.93. The first-order valence-corrected chi connectivity index (χ1v) is 10.1. The van der Waals surface area contributed by atoms with E-state index in [1.807, 2.05) is 7.05 Å². The lowest BCUT2D eigenvalue weighted by Crippen LogP contribution is -2.66. The van der Waals surface area contributed by atoms with Crippen LogP contribution in [-0.2, 0) is 9.53 Å². The van der Waals surface area contributed by atoms with E-state index >= 15 is 0 Å². The average molecular weight is 422 g/mol. The number of H-pyrrole nitrogens is 1. The van der Waals surface area contributed by atoms with Crippen molar-refractivity contribution in [1.29, 1.82) is 0 Å². The summed E-state index contributed by atoms with van der Waals surface area (Å²) in [6, 6.07) is -0.942. The number of aromatic nitrogens is 4. The lowest BCUT2D eigenvalue weighted by molar-refractivity contribution is -0.889. The van der Waals surface area contributed by atoms with Gasteiger partial charge >= 0.3 is 0 Å². The SMILES string of the molecule is C[N+]1(CC(=O)N[C@@H]2[C@@H](O)[C@H](O)[C@@H](Nc3ncnc4nc[nH]c34)O[C@H]2CO)CCCC1. The zero-order valence-electron chi connectivity index (χ0n) is 16.7. The van der Waals surface area contributed by atoms with Gasteiger partial charge in [-0.15, -0.1) is 0 Å². The number of imidazole rings is 1. The van der Waals surface area contributed by atoms with Gasteiger partial charge in [0.15, 0.2) is 24.2 Å². The molecule has 2 fully saturated rings. The highest BCUT2D eigenvalue weighted by Crippen LogP contribution is 2.25. The average Bonchev–Trinajstić information content (AvgIpc) is 3.37. The highest BCUT2D eigenvalue weighted by atomic mass is 16.5. The molecule has 4 heterocycles. The summed E-state index contributed by atoms with van der Waals surface area (Å²) in [5, 5.41) is 36.7. The van der Waals surface area contributed by atoms with Gasteiger partial charge in [0.2, 0.25) is 0 Å². The van der Waals surface area contributed by atoms with Gasteiger partial charge in [0, 0.05) is 12.8 Å². The predicted octanol–water partition coefficient (Wildman–Crippen LogP) is -2.07. The molecule has 2 aliphatic rings. The number of nitrogens with zero attached hydrogens (tertiary/aromatic N) is 4. The zero-order chi connectivity index (χ0) is 21.3. The van der Waals surface area contributed by atoms with Crippen molar-refractivity contribution in [1.82, 2.24) is 25.3 Å². The molecular weight excluding hydrogens is 394 g/mol. The summed E-state index contributed by atoms with van der Waals surface area (Å²) in [4.78, 5) is 27.6. The second-order valence-electron chi connectivity index (χ2n) is 8.25. The van der Waals surface area contributed by atoms with Crippen LogP contribution >= 0.6 is 0 Å². The number of hydrogen-bond donors (Lipinski definition) is 6. The van der Waals surface area contributed by atoms with Crippen molar-refractivity contribution in [2.45, 2.75) is 43.4 Å². The Morgan fingerprint density at radius 3 is 2.77 bits per heavy atom. The number of likely N-dealkylation sites (N-methyl/N-ethyl adjacent to an activating group) is 1. The Balaban J connectivity index is 1.44. The topological polar surface area (TPSA) is 166 Å². The normalized spacial score (nSPS) is 31.0. The van der Waals surface area contributed by atoms with Crippen LogP contribution in [0.15, 0.2) is 12.7 Å². The number of carbonyl (C=O) groups excluding carboxylic acids is 1. The maximum absolute atomic E-state index is 12.6. The minimum atomic E-state index is -1.37. The minimum Gasteiger partial charge on any atom is -0.394 e. The second kappa shape index (κ2) is 8.40. The van der Waals surface area contributed by atoms with Gasteiger partial charge in [0.25, 0.3) is 5.91 Å². The number of likely N-dealkylation sites (tertiary alicyclic amines) is 1. The molecule has 0 radical (unpaired) electrons. The number of hydrogen-bond acceptors (Lipinski definition) is 9.